The number of likely N-dealkylation sites (N-methyl/N-ethyl adjacent to an activating group) is 1. The molecule has 6 nitrogen and oxygen atoms in total. The first-order valence-electron chi connectivity index (χ1n) is 6.92. The summed E-state index contributed by atoms with van der Waals surface area (Å²) in [5, 5.41) is 18.8. The highest BCUT2D eigenvalue weighted by atomic mass is 16.5. The molecule has 1 saturated carbocycles. The van der Waals surface area contributed by atoms with E-state index in [9.17, 15) is 15.0 Å². The number of hydrogen-bond acceptors (Lipinski definition) is 5. The number of hydrogen-bond donors (Lipinski definition) is 2. The topological polar surface area (TPSA) is 73.2 Å². The standard InChI is InChI=1S/C13H22N2O4/c1-14-2-3-19-6-11(14)12(18)15-4-9-10(5-15)13(9,7-16)8-17/h9-11,16-17H,2-8H2,1H3/t9?,10?,11-/m1/s1. The monoisotopic (exact) mass is 270 g/mol. The lowest BCUT2D eigenvalue weighted by Gasteiger charge is -2.35. The largest absolute Gasteiger partial charge is 0.396 e. The fourth-order valence-corrected chi connectivity index (χ4v) is 3.69. The van der Waals surface area contributed by atoms with Crippen molar-refractivity contribution in [3.05, 3.63) is 0 Å². The quantitative estimate of drug-likeness (QED) is 0.644. The normalized spacial score (nSPS) is 37.2. The lowest BCUT2D eigenvalue weighted by atomic mass is 10.0. The third-order valence-electron chi connectivity index (χ3n) is 5.27. The first-order chi connectivity index (χ1) is 9.14. The molecule has 2 heterocycles. The molecule has 3 atom stereocenters. The van der Waals surface area contributed by atoms with Gasteiger partial charge in [-0.3, -0.25) is 9.69 Å². The fourth-order valence-electron chi connectivity index (χ4n) is 3.69. The fraction of sp³-hybridized carbons (Fsp3) is 0.923. The molecule has 1 aliphatic carbocycles. The molecule has 3 aliphatic rings. The van der Waals surface area contributed by atoms with Crippen LogP contribution in [0.5, 0.6) is 0 Å². The molecule has 0 aromatic heterocycles. The molecule has 3 rings (SSSR count). The lowest BCUT2D eigenvalue weighted by molar-refractivity contribution is -0.142. The van der Waals surface area contributed by atoms with Crippen LogP contribution in [0.15, 0.2) is 0 Å². The number of aliphatic hydroxyl groups is 2. The summed E-state index contributed by atoms with van der Waals surface area (Å²) in [5.74, 6) is 0.654. The van der Waals surface area contributed by atoms with Crippen LogP contribution in [-0.2, 0) is 9.53 Å². The Bertz CT molecular complexity index is 358. The average Bonchev–Trinajstić information content (AvgIpc) is 2.81. The van der Waals surface area contributed by atoms with Crippen LogP contribution in [0.4, 0.5) is 0 Å². The number of fused-ring (bicyclic) bond motifs is 1. The molecule has 1 amide bonds. The van der Waals surface area contributed by atoms with Gasteiger partial charge in [0.05, 0.1) is 26.4 Å². The van der Waals surface area contributed by atoms with E-state index in [1.54, 1.807) is 0 Å². The van der Waals surface area contributed by atoms with Gasteiger partial charge in [-0.2, -0.15) is 0 Å². The Kier molecular flexibility index (Phi) is 3.29. The number of nitrogens with zero attached hydrogens (tertiary/aromatic N) is 2. The summed E-state index contributed by atoms with van der Waals surface area (Å²) in [6, 6.07) is -0.177. The molecule has 3 fully saturated rings. The molecular weight excluding hydrogens is 248 g/mol. The number of rotatable bonds is 3. The molecule has 6 heteroatoms. The predicted molar refractivity (Wildman–Crippen MR) is 67.4 cm³/mol. The highest BCUT2D eigenvalue weighted by molar-refractivity contribution is 5.82. The van der Waals surface area contributed by atoms with E-state index in [1.807, 2.05) is 16.8 Å². The number of piperidine rings is 1. The van der Waals surface area contributed by atoms with Crippen LogP contribution in [0.25, 0.3) is 0 Å². The maximum atomic E-state index is 12.4. The van der Waals surface area contributed by atoms with Gasteiger partial charge in [-0.15, -0.1) is 0 Å². The number of ether oxygens (including phenoxy) is 1. The second kappa shape index (κ2) is 4.70. The van der Waals surface area contributed by atoms with Crippen molar-refractivity contribution in [2.24, 2.45) is 17.3 Å². The lowest BCUT2D eigenvalue weighted by Crippen LogP contribution is -2.53. The van der Waals surface area contributed by atoms with E-state index >= 15 is 0 Å². The number of amides is 1. The number of aliphatic hydroxyl groups excluding tert-OH is 2. The van der Waals surface area contributed by atoms with Crippen LogP contribution < -0.4 is 0 Å². The zero-order valence-corrected chi connectivity index (χ0v) is 11.3. The van der Waals surface area contributed by atoms with E-state index < -0.39 is 0 Å². The van der Waals surface area contributed by atoms with Gasteiger partial charge in [-0.05, 0) is 18.9 Å². The molecule has 0 aromatic rings. The summed E-state index contributed by atoms with van der Waals surface area (Å²) < 4.78 is 5.39. The molecule has 0 aromatic carbocycles. The Morgan fingerprint density at radius 3 is 2.47 bits per heavy atom. The number of morpholine rings is 1. The van der Waals surface area contributed by atoms with Crippen molar-refractivity contribution in [1.29, 1.82) is 0 Å². The van der Waals surface area contributed by atoms with Crippen LogP contribution in [0, 0.1) is 17.3 Å². The minimum absolute atomic E-state index is 0.0211. The van der Waals surface area contributed by atoms with E-state index in [0.29, 0.717) is 26.3 Å². The van der Waals surface area contributed by atoms with Crippen molar-refractivity contribution in [3.63, 3.8) is 0 Å². The third-order valence-corrected chi connectivity index (χ3v) is 5.27. The number of carbonyl (C=O) groups is 1. The van der Waals surface area contributed by atoms with Crippen molar-refractivity contribution in [2.75, 3.05) is 53.1 Å². The molecule has 19 heavy (non-hydrogen) atoms. The number of carbonyl (C=O) groups excluding carboxylic acids is 1. The highest BCUT2D eigenvalue weighted by Crippen LogP contribution is 2.62. The van der Waals surface area contributed by atoms with Crippen LogP contribution in [0.3, 0.4) is 0 Å². The van der Waals surface area contributed by atoms with Crippen LogP contribution in [0.1, 0.15) is 0 Å². The van der Waals surface area contributed by atoms with Crippen molar-refractivity contribution in [3.8, 4) is 0 Å². The van der Waals surface area contributed by atoms with Crippen LogP contribution in [0.2, 0.25) is 0 Å². The van der Waals surface area contributed by atoms with Crippen molar-refractivity contribution >= 4 is 5.91 Å². The van der Waals surface area contributed by atoms with Crippen molar-refractivity contribution in [2.45, 2.75) is 6.04 Å². The predicted octanol–water partition coefficient (Wildman–Crippen LogP) is -1.62. The Morgan fingerprint density at radius 2 is 1.95 bits per heavy atom. The van der Waals surface area contributed by atoms with Gasteiger partial charge < -0.3 is 19.8 Å². The van der Waals surface area contributed by atoms with Crippen LogP contribution in [-0.4, -0.2) is 85.1 Å². The summed E-state index contributed by atoms with van der Waals surface area (Å²) in [4.78, 5) is 16.4. The minimum Gasteiger partial charge on any atom is -0.396 e. The van der Waals surface area contributed by atoms with Gasteiger partial charge in [0.2, 0.25) is 5.91 Å². The molecule has 2 unspecified atom stereocenters. The second-order valence-corrected chi connectivity index (χ2v) is 6.08. The summed E-state index contributed by atoms with van der Waals surface area (Å²) in [6.45, 7) is 3.30. The third kappa shape index (κ3) is 1.89. The van der Waals surface area contributed by atoms with E-state index in [4.69, 9.17) is 4.74 Å². The Hall–Kier alpha value is -0.690. The molecule has 2 N–H and O–H groups in total. The first-order valence-corrected chi connectivity index (χ1v) is 6.92. The van der Waals surface area contributed by atoms with Gasteiger partial charge in [-0.25, -0.2) is 0 Å². The summed E-state index contributed by atoms with van der Waals surface area (Å²) in [7, 11) is 1.95. The van der Waals surface area contributed by atoms with E-state index in [1.165, 1.54) is 0 Å². The Balaban J connectivity index is 1.60. The van der Waals surface area contributed by atoms with Gasteiger partial charge in [0.15, 0.2) is 0 Å². The zero-order valence-electron chi connectivity index (χ0n) is 11.3. The van der Waals surface area contributed by atoms with E-state index in [2.05, 4.69) is 0 Å². The Labute approximate surface area is 112 Å². The van der Waals surface area contributed by atoms with Gasteiger partial charge in [-0.1, -0.05) is 0 Å². The maximum absolute atomic E-state index is 12.4. The highest BCUT2D eigenvalue weighted by Gasteiger charge is 2.68. The molecule has 0 bridgehead atoms. The molecule has 108 valence electrons. The summed E-state index contributed by atoms with van der Waals surface area (Å²) in [6.07, 6.45) is 0. The zero-order chi connectivity index (χ0) is 13.6. The SMILES string of the molecule is CN1CCOC[C@@H]1C(=O)N1CC2C(C1)C2(CO)CO. The Morgan fingerprint density at radius 1 is 1.32 bits per heavy atom. The minimum atomic E-state index is -0.328. The molecule has 0 radical (unpaired) electrons. The number of likely N-dealkylation sites (tertiary alicyclic amines) is 1. The second-order valence-electron chi connectivity index (χ2n) is 6.08. The first kappa shape index (κ1) is 13.3. The smallest absolute Gasteiger partial charge is 0.242 e. The molecular formula is C13H22N2O4. The summed E-state index contributed by atoms with van der Waals surface area (Å²) in [5.41, 5.74) is -0.328. The van der Waals surface area contributed by atoms with Gasteiger partial charge in [0.25, 0.3) is 0 Å². The van der Waals surface area contributed by atoms with Crippen molar-refractivity contribution < 1.29 is 19.7 Å². The molecule has 2 saturated heterocycles. The van der Waals surface area contributed by atoms with Gasteiger partial charge in [0, 0.05) is 25.0 Å². The molecule has 0 spiro atoms. The van der Waals surface area contributed by atoms with Crippen molar-refractivity contribution in [1.82, 2.24) is 9.80 Å². The van der Waals surface area contributed by atoms with Crippen LogP contribution >= 0.6 is 0 Å². The maximum Gasteiger partial charge on any atom is 0.242 e. The average molecular weight is 270 g/mol. The van der Waals surface area contributed by atoms with E-state index in [-0.39, 0.29) is 42.4 Å². The summed E-state index contributed by atoms with van der Waals surface area (Å²) >= 11 is 0. The van der Waals surface area contributed by atoms with Gasteiger partial charge in [0.1, 0.15) is 6.04 Å². The van der Waals surface area contributed by atoms with E-state index in [0.717, 1.165) is 6.54 Å². The van der Waals surface area contributed by atoms with Gasteiger partial charge >= 0.3 is 0 Å². The molecule has 2 aliphatic heterocycles.